The summed E-state index contributed by atoms with van der Waals surface area (Å²) in [7, 11) is 0. The van der Waals surface area contributed by atoms with Gasteiger partial charge < -0.3 is 0 Å². The molecule has 0 radical (unpaired) electrons. The van der Waals surface area contributed by atoms with Crippen molar-refractivity contribution in [3.8, 4) is 0 Å². The number of hydrogen-bond donors (Lipinski definition) is 0. The number of aryl methyl sites for hydroxylation is 1. The lowest BCUT2D eigenvalue weighted by molar-refractivity contribution is 0.562. The van der Waals surface area contributed by atoms with Gasteiger partial charge in [0, 0.05) is 0 Å². The quantitative estimate of drug-likeness (QED) is 0.713. The van der Waals surface area contributed by atoms with Gasteiger partial charge in [0.15, 0.2) is 0 Å². The van der Waals surface area contributed by atoms with Crippen molar-refractivity contribution in [2.75, 3.05) is 0 Å². The molecular formula is C9H13BrN2. The van der Waals surface area contributed by atoms with Crippen LogP contribution in [0.4, 0.5) is 0 Å². The molecule has 2 nitrogen and oxygen atoms in total. The predicted molar refractivity (Wildman–Crippen MR) is 54.3 cm³/mol. The summed E-state index contributed by atoms with van der Waals surface area (Å²) in [6.07, 6.45) is 1.88. The van der Waals surface area contributed by atoms with E-state index in [9.17, 15) is 0 Å². The van der Waals surface area contributed by atoms with Gasteiger partial charge in [0.2, 0.25) is 0 Å². The van der Waals surface area contributed by atoms with Crippen LogP contribution in [0.15, 0.2) is 17.1 Å². The fourth-order valence-corrected chi connectivity index (χ4v) is 1.40. The number of hydrogen-bond acceptors (Lipinski definition) is 1. The van der Waals surface area contributed by atoms with E-state index in [1.807, 2.05) is 24.6 Å². The standard InChI is InChI=1S/C9H13BrN2/c1-5-6(2)12-8(4)9(10)7(3)11-12/h5-6H,1H2,2-4H3. The maximum Gasteiger partial charge on any atom is 0.0738 e. The monoisotopic (exact) mass is 228 g/mol. The Bertz CT molecular complexity index is 302. The van der Waals surface area contributed by atoms with Gasteiger partial charge in [-0.3, -0.25) is 4.68 Å². The highest BCUT2D eigenvalue weighted by atomic mass is 79.9. The smallest absolute Gasteiger partial charge is 0.0738 e. The molecule has 0 aliphatic heterocycles. The van der Waals surface area contributed by atoms with E-state index in [0.717, 1.165) is 15.9 Å². The minimum atomic E-state index is 0.259. The molecule has 1 rings (SSSR count). The van der Waals surface area contributed by atoms with E-state index in [4.69, 9.17) is 0 Å². The second-order valence-corrected chi connectivity index (χ2v) is 3.70. The lowest BCUT2D eigenvalue weighted by atomic mass is 10.3. The summed E-state index contributed by atoms with van der Waals surface area (Å²) in [6.45, 7) is 9.84. The third-order valence-electron chi connectivity index (χ3n) is 1.96. The molecule has 0 aromatic carbocycles. The van der Waals surface area contributed by atoms with Gasteiger partial charge in [-0.25, -0.2) is 0 Å². The van der Waals surface area contributed by atoms with Crippen molar-refractivity contribution in [2.24, 2.45) is 0 Å². The van der Waals surface area contributed by atoms with Crippen molar-refractivity contribution < 1.29 is 0 Å². The van der Waals surface area contributed by atoms with Crippen LogP contribution in [0.2, 0.25) is 0 Å². The second kappa shape index (κ2) is 3.44. The molecule has 0 aliphatic carbocycles. The van der Waals surface area contributed by atoms with Crippen molar-refractivity contribution >= 4 is 15.9 Å². The molecule has 1 aromatic heterocycles. The fraction of sp³-hybridized carbons (Fsp3) is 0.444. The SMILES string of the molecule is C=CC(C)n1nc(C)c(Br)c1C. The zero-order valence-corrected chi connectivity index (χ0v) is 9.22. The van der Waals surface area contributed by atoms with E-state index in [1.165, 1.54) is 0 Å². The number of aromatic nitrogens is 2. The zero-order valence-electron chi connectivity index (χ0n) is 7.63. The summed E-state index contributed by atoms with van der Waals surface area (Å²) in [5.41, 5.74) is 2.18. The van der Waals surface area contributed by atoms with Crippen LogP contribution in [0.1, 0.15) is 24.4 Å². The molecule has 0 amide bonds. The molecule has 0 aliphatic rings. The average molecular weight is 229 g/mol. The van der Waals surface area contributed by atoms with Crippen molar-refractivity contribution in [1.82, 2.24) is 9.78 Å². The van der Waals surface area contributed by atoms with Crippen LogP contribution >= 0.6 is 15.9 Å². The predicted octanol–water partition coefficient (Wildman–Crippen LogP) is 3.01. The van der Waals surface area contributed by atoms with Gasteiger partial charge in [0.25, 0.3) is 0 Å². The normalized spacial score (nSPS) is 13.0. The highest BCUT2D eigenvalue weighted by Gasteiger charge is 2.10. The van der Waals surface area contributed by atoms with Crippen molar-refractivity contribution in [3.63, 3.8) is 0 Å². The number of nitrogens with zero attached hydrogens (tertiary/aromatic N) is 2. The lowest BCUT2D eigenvalue weighted by Gasteiger charge is -2.08. The molecule has 12 heavy (non-hydrogen) atoms. The molecule has 0 saturated carbocycles. The second-order valence-electron chi connectivity index (χ2n) is 2.91. The van der Waals surface area contributed by atoms with E-state index >= 15 is 0 Å². The maximum absolute atomic E-state index is 4.38. The first-order chi connectivity index (χ1) is 5.57. The third kappa shape index (κ3) is 1.46. The number of rotatable bonds is 2. The first kappa shape index (κ1) is 9.52. The van der Waals surface area contributed by atoms with Gasteiger partial charge in [-0.05, 0) is 36.7 Å². The molecule has 1 heterocycles. The highest BCUT2D eigenvalue weighted by Crippen LogP contribution is 2.22. The molecule has 3 heteroatoms. The third-order valence-corrected chi connectivity index (χ3v) is 3.11. The summed E-state index contributed by atoms with van der Waals surface area (Å²) in [6, 6.07) is 0.259. The Kier molecular flexibility index (Phi) is 2.73. The lowest BCUT2D eigenvalue weighted by Crippen LogP contribution is -2.05. The van der Waals surface area contributed by atoms with Crippen LogP contribution in [0.25, 0.3) is 0 Å². The molecule has 0 spiro atoms. The van der Waals surface area contributed by atoms with Crippen molar-refractivity contribution in [3.05, 3.63) is 28.5 Å². The van der Waals surface area contributed by atoms with Crippen LogP contribution in [-0.4, -0.2) is 9.78 Å². The molecular weight excluding hydrogens is 216 g/mol. The Morgan fingerprint density at radius 3 is 2.50 bits per heavy atom. The largest absolute Gasteiger partial charge is 0.262 e. The zero-order chi connectivity index (χ0) is 9.30. The molecule has 0 bridgehead atoms. The summed E-state index contributed by atoms with van der Waals surface area (Å²) >= 11 is 3.48. The Labute approximate surface area is 81.4 Å². The Balaban J connectivity index is 3.17. The minimum Gasteiger partial charge on any atom is -0.262 e. The Morgan fingerprint density at radius 1 is 1.58 bits per heavy atom. The first-order valence-electron chi connectivity index (χ1n) is 3.91. The Morgan fingerprint density at radius 2 is 2.17 bits per heavy atom. The first-order valence-corrected chi connectivity index (χ1v) is 4.71. The highest BCUT2D eigenvalue weighted by molar-refractivity contribution is 9.10. The summed E-state index contributed by atoms with van der Waals surface area (Å²) in [5, 5.41) is 4.38. The van der Waals surface area contributed by atoms with Crippen LogP contribution < -0.4 is 0 Å². The molecule has 1 atom stereocenters. The molecule has 1 aromatic rings. The molecule has 0 saturated heterocycles. The van der Waals surface area contributed by atoms with E-state index in [1.54, 1.807) is 0 Å². The fourth-order valence-electron chi connectivity index (χ4n) is 1.14. The summed E-state index contributed by atoms with van der Waals surface area (Å²) in [5.74, 6) is 0. The van der Waals surface area contributed by atoms with Crippen LogP contribution in [-0.2, 0) is 0 Å². The summed E-state index contributed by atoms with van der Waals surface area (Å²) in [4.78, 5) is 0. The van der Waals surface area contributed by atoms with Gasteiger partial charge in [-0.2, -0.15) is 5.10 Å². The van der Waals surface area contributed by atoms with Crippen LogP contribution in [0.5, 0.6) is 0 Å². The molecule has 0 N–H and O–H groups in total. The minimum absolute atomic E-state index is 0.259. The van der Waals surface area contributed by atoms with Crippen LogP contribution in [0, 0.1) is 13.8 Å². The molecule has 1 unspecified atom stereocenters. The van der Waals surface area contributed by atoms with E-state index in [0.29, 0.717) is 0 Å². The summed E-state index contributed by atoms with van der Waals surface area (Å²) < 4.78 is 3.06. The number of allylic oxidation sites excluding steroid dienone is 1. The van der Waals surface area contributed by atoms with Gasteiger partial charge >= 0.3 is 0 Å². The Hall–Kier alpha value is -0.570. The topological polar surface area (TPSA) is 17.8 Å². The number of halogens is 1. The molecule has 66 valence electrons. The van der Waals surface area contributed by atoms with E-state index < -0.39 is 0 Å². The maximum atomic E-state index is 4.38. The van der Waals surface area contributed by atoms with Gasteiger partial charge in [0.05, 0.1) is 21.9 Å². The van der Waals surface area contributed by atoms with E-state index in [-0.39, 0.29) is 6.04 Å². The van der Waals surface area contributed by atoms with Crippen molar-refractivity contribution in [1.29, 1.82) is 0 Å². The van der Waals surface area contributed by atoms with Gasteiger partial charge in [-0.15, -0.1) is 6.58 Å². The van der Waals surface area contributed by atoms with Crippen LogP contribution in [0.3, 0.4) is 0 Å². The molecule has 0 fully saturated rings. The van der Waals surface area contributed by atoms with E-state index in [2.05, 4.69) is 34.5 Å². The van der Waals surface area contributed by atoms with Crippen molar-refractivity contribution in [2.45, 2.75) is 26.8 Å². The van der Waals surface area contributed by atoms with Gasteiger partial charge in [0.1, 0.15) is 0 Å². The average Bonchev–Trinajstić information content (AvgIpc) is 2.32. The van der Waals surface area contributed by atoms with Gasteiger partial charge in [-0.1, -0.05) is 6.08 Å².